The summed E-state index contributed by atoms with van der Waals surface area (Å²) in [5, 5.41) is 0. The van der Waals surface area contributed by atoms with Crippen molar-refractivity contribution >= 4 is 11.6 Å². The van der Waals surface area contributed by atoms with E-state index in [-0.39, 0.29) is 0 Å². The summed E-state index contributed by atoms with van der Waals surface area (Å²) in [7, 11) is 1.74. The average Bonchev–Trinajstić information content (AvgIpc) is 2.88. The lowest BCUT2D eigenvalue weighted by Gasteiger charge is -2.43. The highest BCUT2D eigenvalue weighted by Gasteiger charge is 2.30. The van der Waals surface area contributed by atoms with Crippen molar-refractivity contribution in [2.24, 2.45) is 0 Å². The zero-order valence-corrected chi connectivity index (χ0v) is 22.3. The number of carbonyl (C=O) groups is 1. The Morgan fingerprint density at radius 1 is 0.917 bits per heavy atom. The molecule has 1 amide bonds. The van der Waals surface area contributed by atoms with Gasteiger partial charge in [-0.1, -0.05) is 38.5 Å². The van der Waals surface area contributed by atoms with Gasteiger partial charge in [-0.05, 0) is 54.2 Å². The number of anilines is 1. The normalized spacial score (nSPS) is 20.0. The number of nitrogens with zero attached hydrogens (tertiary/aromatic N) is 4. The molecule has 6 heteroatoms. The van der Waals surface area contributed by atoms with Gasteiger partial charge in [0.15, 0.2) is 0 Å². The molecule has 0 bridgehead atoms. The number of benzene rings is 2. The van der Waals surface area contributed by atoms with Gasteiger partial charge in [-0.25, -0.2) is 0 Å². The number of hydrogen-bond donors (Lipinski definition) is 0. The molecule has 5 rings (SSSR count). The fraction of sp³-hybridized carbons (Fsp3) is 0.567. The van der Waals surface area contributed by atoms with Crippen LogP contribution in [0.5, 0.6) is 5.75 Å². The van der Waals surface area contributed by atoms with Crippen LogP contribution in [0.25, 0.3) is 11.1 Å². The molecule has 36 heavy (non-hydrogen) atoms. The lowest BCUT2D eigenvalue weighted by molar-refractivity contribution is -0.134. The summed E-state index contributed by atoms with van der Waals surface area (Å²) in [5.41, 5.74) is 4.89. The minimum Gasteiger partial charge on any atom is -0.496 e. The first kappa shape index (κ1) is 25.1. The standard InChI is InChI=1S/C30H42N4O2/c1-23(2)25-9-12-29(36-3)28(21-25)24-7-10-27(11-8-24)32-15-13-31(14-16-32)22-30(35)34-19-17-33(18-20-34)26-5-4-6-26/h7-12,21,23,26H,4-6,13-20,22H2,1-3H3. The molecule has 2 heterocycles. The Morgan fingerprint density at radius 2 is 1.61 bits per heavy atom. The van der Waals surface area contributed by atoms with E-state index < -0.39 is 0 Å². The molecule has 0 unspecified atom stereocenters. The Kier molecular flexibility index (Phi) is 7.82. The number of carbonyl (C=O) groups excluding carboxylic acids is 1. The second-order valence-electron chi connectivity index (χ2n) is 10.9. The number of hydrogen-bond acceptors (Lipinski definition) is 5. The second kappa shape index (κ2) is 11.2. The lowest BCUT2D eigenvalue weighted by Crippen LogP contribution is -2.56. The first-order valence-corrected chi connectivity index (χ1v) is 13.8. The van der Waals surface area contributed by atoms with Crippen molar-refractivity contribution in [1.82, 2.24) is 14.7 Å². The van der Waals surface area contributed by atoms with Crippen molar-refractivity contribution in [3.8, 4) is 16.9 Å². The minimum atomic E-state index is 0.304. The molecule has 2 aromatic carbocycles. The molecule has 6 nitrogen and oxygen atoms in total. The smallest absolute Gasteiger partial charge is 0.236 e. The Balaban J connectivity index is 1.12. The van der Waals surface area contributed by atoms with Crippen LogP contribution in [0, 0.1) is 0 Å². The minimum absolute atomic E-state index is 0.304. The number of methoxy groups -OCH3 is 1. The Morgan fingerprint density at radius 3 is 2.19 bits per heavy atom. The monoisotopic (exact) mass is 490 g/mol. The fourth-order valence-electron chi connectivity index (χ4n) is 5.71. The zero-order chi connectivity index (χ0) is 25.1. The molecule has 3 fully saturated rings. The molecule has 2 aliphatic heterocycles. The summed E-state index contributed by atoms with van der Waals surface area (Å²) in [6, 6.07) is 16.1. The molecule has 0 radical (unpaired) electrons. The molecule has 0 N–H and O–H groups in total. The van der Waals surface area contributed by atoms with Crippen LogP contribution in [-0.2, 0) is 4.79 Å². The van der Waals surface area contributed by atoms with Crippen LogP contribution < -0.4 is 9.64 Å². The van der Waals surface area contributed by atoms with Gasteiger partial charge in [0.25, 0.3) is 0 Å². The number of amides is 1. The van der Waals surface area contributed by atoms with Crippen LogP contribution in [0.3, 0.4) is 0 Å². The molecular formula is C30H42N4O2. The summed E-state index contributed by atoms with van der Waals surface area (Å²) in [4.78, 5) is 22.3. The van der Waals surface area contributed by atoms with Crippen molar-refractivity contribution in [2.75, 3.05) is 70.9 Å². The Hall–Kier alpha value is -2.57. The first-order chi connectivity index (χ1) is 17.5. The van der Waals surface area contributed by atoms with Crippen LogP contribution in [0.2, 0.25) is 0 Å². The van der Waals surface area contributed by atoms with Crippen LogP contribution in [0.15, 0.2) is 42.5 Å². The van der Waals surface area contributed by atoms with E-state index in [0.29, 0.717) is 18.4 Å². The lowest BCUT2D eigenvalue weighted by atomic mass is 9.91. The number of ether oxygens (including phenoxy) is 1. The second-order valence-corrected chi connectivity index (χ2v) is 10.9. The molecule has 0 atom stereocenters. The summed E-state index contributed by atoms with van der Waals surface area (Å²) in [5.74, 6) is 1.70. The fourth-order valence-corrected chi connectivity index (χ4v) is 5.71. The van der Waals surface area contributed by atoms with Crippen LogP contribution in [0.4, 0.5) is 5.69 Å². The summed E-state index contributed by atoms with van der Waals surface area (Å²) >= 11 is 0. The van der Waals surface area contributed by atoms with E-state index in [1.807, 2.05) is 0 Å². The molecular weight excluding hydrogens is 448 g/mol. The molecule has 0 aromatic heterocycles. The summed E-state index contributed by atoms with van der Waals surface area (Å²) in [6.45, 7) is 12.7. The maximum Gasteiger partial charge on any atom is 0.236 e. The van der Waals surface area contributed by atoms with Crippen molar-refractivity contribution < 1.29 is 9.53 Å². The van der Waals surface area contributed by atoms with E-state index in [1.54, 1.807) is 7.11 Å². The van der Waals surface area contributed by atoms with Gasteiger partial charge in [0.1, 0.15) is 5.75 Å². The third kappa shape index (κ3) is 5.55. The predicted octanol–water partition coefficient (Wildman–Crippen LogP) is 4.30. The first-order valence-electron chi connectivity index (χ1n) is 13.8. The van der Waals surface area contributed by atoms with E-state index in [9.17, 15) is 4.79 Å². The van der Waals surface area contributed by atoms with Crippen LogP contribution >= 0.6 is 0 Å². The largest absolute Gasteiger partial charge is 0.496 e. The topological polar surface area (TPSA) is 39.3 Å². The molecule has 2 aromatic rings. The quantitative estimate of drug-likeness (QED) is 0.579. The highest BCUT2D eigenvalue weighted by Crippen LogP contribution is 2.34. The van der Waals surface area contributed by atoms with Gasteiger partial charge in [-0.3, -0.25) is 14.6 Å². The molecule has 1 saturated carbocycles. The van der Waals surface area contributed by atoms with Gasteiger partial charge in [-0.15, -0.1) is 0 Å². The van der Waals surface area contributed by atoms with Gasteiger partial charge in [0, 0.05) is 69.7 Å². The van der Waals surface area contributed by atoms with Gasteiger partial charge >= 0.3 is 0 Å². The highest BCUT2D eigenvalue weighted by atomic mass is 16.5. The summed E-state index contributed by atoms with van der Waals surface area (Å²) in [6.07, 6.45) is 4.07. The summed E-state index contributed by atoms with van der Waals surface area (Å²) < 4.78 is 5.64. The molecule has 2 saturated heterocycles. The van der Waals surface area contributed by atoms with Crippen molar-refractivity contribution in [3.63, 3.8) is 0 Å². The molecule has 3 aliphatic rings. The maximum atomic E-state index is 12.9. The van der Waals surface area contributed by atoms with E-state index in [2.05, 4.69) is 75.9 Å². The van der Waals surface area contributed by atoms with Crippen molar-refractivity contribution in [1.29, 1.82) is 0 Å². The SMILES string of the molecule is COc1ccc(C(C)C)cc1-c1ccc(N2CCN(CC(=O)N3CCN(C4CCC4)CC3)CC2)cc1. The van der Waals surface area contributed by atoms with Gasteiger partial charge < -0.3 is 14.5 Å². The third-order valence-corrected chi connectivity index (χ3v) is 8.42. The van der Waals surface area contributed by atoms with E-state index in [1.165, 1.54) is 36.1 Å². The van der Waals surface area contributed by atoms with Crippen LogP contribution in [0.1, 0.15) is 44.6 Å². The number of rotatable bonds is 7. The molecule has 0 spiro atoms. The van der Waals surface area contributed by atoms with E-state index in [0.717, 1.165) is 69.7 Å². The van der Waals surface area contributed by atoms with E-state index in [4.69, 9.17) is 4.74 Å². The molecule has 1 aliphatic carbocycles. The van der Waals surface area contributed by atoms with Gasteiger partial charge in [0.2, 0.25) is 5.91 Å². The average molecular weight is 491 g/mol. The Bertz CT molecular complexity index is 1020. The van der Waals surface area contributed by atoms with Crippen molar-refractivity contribution in [3.05, 3.63) is 48.0 Å². The number of piperazine rings is 2. The molecule has 194 valence electrons. The van der Waals surface area contributed by atoms with Gasteiger partial charge in [-0.2, -0.15) is 0 Å². The Labute approximate surface area is 216 Å². The third-order valence-electron chi connectivity index (χ3n) is 8.42. The predicted molar refractivity (Wildman–Crippen MR) is 147 cm³/mol. The maximum absolute atomic E-state index is 12.9. The zero-order valence-electron chi connectivity index (χ0n) is 22.3. The highest BCUT2D eigenvalue weighted by molar-refractivity contribution is 5.78. The van der Waals surface area contributed by atoms with Crippen LogP contribution in [-0.4, -0.2) is 92.7 Å². The van der Waals surface area contributed by atoms with Crippen molar-refractivity contribution in [2.45, 2.75) is 45.1 Å². The van der Waals surface area contributed by atoms with Gasteiger partial charge in [0.05, 0.1) is 13.7 Å². The van der Waals surface area contributed by atoms with E-state index >= 15 is 0 Å².